The molecule has 2 N–H and O–H groups in total. The summed E-state index contributed by atoms with van der Waals surface area (Å²) in [5.41, 5.74) is 6.15. The second-order valence-electron chi connectivity index (χ2n) is 8.14. The molecule has 6 nitrogen and oxygen atoms in total. The van der Waals surface area contributed by atoms with Crippen LogP contribution in [0, 0.1) is 0 Å². The number of nitrogens with two attached hydrogens (primary N) is 1. The first-order valence-corrected chi connectivity index (χ1v) is 8.04. The number of morpholine rings is 1. The maximum Gasteiger partial charge on any atom is 0.248 e. The van der Waals surface area contributed by atoms with E-state index in [-0.39, 0.29) is 10.8 Å². The summed E-state index contributed by atoms with van der Waals surface area (Å²) >= 11 is 0. The first-order valence-electron chi connectivity index (χ1n) is 8.04. The van der Waals surface area contributed by atoms with Gasteiger partial charge in [0.2, 0.25) is 5.91 Å². The number of carbonyl (C=O) groups is 1. The summed E-state index contributed by atoms with van der Waals surface area (Å²) in [4.78, 5) is 23.0. The van der Waals surface area contributed by atoms with Crippen molar-refractivity contribution in [3.63, 3.8) is 0 Å². The van der Waals surface area contributed by atoms with E-state index in [9.17, 15) is 4.79 Å². The van der Waals surface area contributed by atoms with Crippen LogP contribution in [0.1, 0.15) is 53.1 Å². The molecule has 2 rings (SSSR count). The number of primary amides is 1. The van der Waals surface area contributed by atoms with Gasteiger partial charge in [-0.15, -0.1) is 0 Å². The number of ether oxygens (including phenoxy) is 1. The molecule has 1 amide bonds. The van der Waals surface area contributed by atoms with Crippen molar-refractivity contribution >= 4 is 11.7 Å². The highest BCUT2D eigenvalue weighted by molar-refractivity contribution is 5.79. The molecule has 0 aliphatic carbocycles. The van der Waals surface area contributed by atoms with E-state index >= 15 is 0 Å². The standard InChI is InChI=1S/C17H28N4O2/c1-16(2,3)12-9-13(20-15(19-12)17(4,5)6)21-7-8-23-11(10-21)14(18)22/h9,11H,7-8,10H2,1-6H3,(H2,18,22). The molecule has 0 saturated carbocycles. The molecule has 0 radical (unpaired) electrons. The first kappa shape index (κ1) is 17.7. The zero-order valence-corrected chi connectivity index (χ0v) is 15.0. The second-order valence-corrected chi connectivity index (χ2v) is 8.14. The van der Waals surface area contributed by atoms with E-state index in [0.29, 0.717) is 19.7 Å². The van der Waals surface area contributed by atoms with Crippen molar-refractivity contribution in [3.05, 3.63) is 17.6 Å². The summed E-state index contributed by atoms with van der Waals surface area (Å²) in [6.45, 7) is 14.3. The minimum Gasteiger partial charge on any atom is -0.367 e. The van der Waals surface area contributed by atoms with Crippen molar-refractivity contribution in [3.8, 4) is 0 Å². The molecule has 1 unspecified atom stereocenters. The summed E-state index contributed by atoms with van der Waals surface area (Å²) in [7, 11) is 0. The minimum atomic E-state index is -0.588. The quantitative estimate of drug-likeness (QED) is 0.898. The van der Waals surface area contributed by atoms with Gasteiger partial charge < -0.3 is 15.4 Å². The fourth-order valence-electron chi connectivity index (χ4n) is 2.35. The molecule has 1 aromatic rings. The van der Waals surface area contributed by atoms with E-state index in [1.54, 1.807) is 0 Å². The van der Waals surface area contributed by atoms with Crippen molar-refractivity contribution in [1.29, 1.82) is 0 Å². The zero-order chi connectivity index (χ0) is 17.4. The topological polar surface area (TPSA) is 81.3 Å². The molecule has 2 heterocycles. The van der Waals surface area contributed by atoms with Crippen LogP contribution in [-0.4, -0.2) is 41.7 Å². The van der Waals surface area contributed by atoms with Crippen LogP contribution >= 0.6 is 0 Å². The average molecular weight is 320 g/mol. The molecule has 128 valence electrons. The predicted molar refractivity (Wildman–Crippen MR) is 90.6 cm³/mol. The van der Waals surface area contributed by atoms with Gasteiger partial charge in [0.1, 0.15) is 11.6 Å². The van der Waals surface area contributed by atoms with E-state index < -0.39 is 12.0 Å². The summed E-state index contributed by atoms with van der Waals surface area (Å²) < 4.78 is 5.43. The number of amides is 1. The summed E-state index contributed by atoms with van der Waals surface area (Å²) in [6, 6.07) is 2.01. The van der Waals surface area contributed by atoms with Crippen LogP contribution in [0.15, 0.2) is 6.07 Å². The highest BCUT2D eigenvalue weighted by Gasteiger charge is 2.29. The minimum absolute atomic E-state index is 0.0763. The van der Waals surface area contributed by atoms with E-state index in [0.717, 1.165) is 17.3 Å². The number of hydrogen-bond acceptors (Lipinski definition) is 5. The Morgan fingerprint density at radius 1 is 1.22 bits per heavy atom. The number of hydrogen-bond donors (Lipinski definition) is 1. The molecular formula is C17H28N4O2. The first-order chi connectivity index (χ1) is 10.5. The van der Waals surface area contributed by atoms with Crippen LogP contribution < -0.4 is 10.6 Å². The Hall–Kier alpha value is -1.69. The Bertz CT molecular complexity index is 555. The average Bonchev–Trinajstić information content (AvgIpc) is 2.45. The predicted octanol–water partition coefficient (Wildman–Crippen LogP) is 1.76. The van der Waals surface area contributed by atoms with Crippen LogP contribution in [0.3, 0.4) is 0 Å². The van der Waals surface area contributed by atoms with Gasteiger partial charge in [-0.05, 0) is 0 Å². The van der Waals surface area contributed by atoms with Gasteiger partial charge in [-0.1, -0.05) is 41.5 Å². The van der Waals surface area contributed by atoms with E-state index in [2.05, 4.69) is 46.4 Å². The lowest BCUT2D eigenvalue weighted by Crippen LogP contribution is -2.49. The number of aromatic nitrogens is 2. The number of carbonyl (C=O) groups excluding carboxylic acids is 1. The van der Waals surface area contributed by atoms with Crippen molar-refractivity contribution < 1.29 is 9.53 Å². The van der Waals surface area contributed by atoms with Gasteiger partial charge in [0.05, 0.1) is 18.8 Å². The highest BCUT2D eigenvalue weighted by Crippen LogP contribution is 2.28. The molecule has 23 heavy (non-hydrogen) atoms. The normalized spacial score (nSPS) is 19.7. The number of nitrogens with zero attached hydrogens (tertiary/aromatic N) is 3. The van der Waals surface area contributed by atoms with Crippen LogP contribution in [0.5, 0.6) is 0 Å². The highest BCUT2D eigenvalue weighted by atomic mass is 16.5. The van der Waals surface area contributed by atoms with Gasteiger partial charge in [0.25, 0.3) is 0 Å². The molecule has 0 bridgehead atoms. The lowest BCUT2D eigenvalue weighted by atomic mass is 9.90. The molecule has 1 aliphatic rings. The molecule has 1 aliphatic heterocycles. The summed E-state index contributed by atoms with van der Waals surface area (Å²) in [5, 5.41) is 0. The molecule has 1 atom stereocenters. The largest absolute Gasteiger partial charge is 0.367 e. The Morgan fingerprint density at radius 2 is 1.87 bits per heavy atom. The molecule has 6 heteroatoms. The van der Waals surface area contributed by atoms with E-state index in [1.807, 2.05) is 6.07 Å². The molecule has 1 fully saturated rings. The van der Waals surface area contributed by atoms with Gasteiger partial charge >= 0.3 is 0 Å². The van der Waals surface area contributed by atoms with Gasteiger partial charge in [-0.25, -0.2) is 9.97 Å². The molecule has 1 saturated heterocycles. The van der Waals surface area contributed by atoms with Gasteiger partial charge in [-0.3, -0.25) is 4.79 Å². The van der Waals surface area contributed by atoms with Gasteiger partial charge in [0, 0.05) is 23.4 Å². The van der Waals surface area contributed by atoms with E-state index in [4.69, 9.17) is 20.4 Å². The Morgan fingerprint density at radius 3 is 2.39 bits per heavy atom. The van der Waals surface area contributed by atoms with Crippen molar-refractivity contribution in [2.24, 2.45) is 5.73 Å². The molecule has 1 aromatic heterocycles. The van der Waals surface area contributed by atoms with Crippen LogP contribution in [0.2, 0.25) is 0 Å². The summed E-state index contributed by atoms with van der Waals surface area (Å²) in [5.74, 6) is 1.21. The lowest BCUT2D eigenvalue weighted by Gasteiger charge is -2.34. The fourth-order valence-corrected chi connectivity index (χ4v) is 2.35. The molecule has 0 aromatic carbocycles. The Balaban J connectivity index is 2.43. The number of rotatable bonds is 2. The van der Waals surface area contributed by atoms with Crippen molar-refractivity contribution in [1.82, 2.24) is 9.97 Å². The smallest absolute Gasteiger partial charge is 0.248 e. The lowest BCUT2D eigenvalue weighted by molar-refractivity contribution is -0.130. The van der Waals surface area contributed by atoms with Crippen molar-refractivity contribution in [2.45, 2.75) is 58.5 Å². The van der Waals surface area contributed by atoms with Crippen LogP contribution in [-0.2, 0) is 20.4 Å². The SMILES string of the molecule is CC(C)(C)c1cc(N2CCOC(C(N)=O)C2)nc(C(C)(C)C)n1. The third kappa shape index (κ3) is 4.19. The molecular weight excluding hydrogens is 292 g/mol. The monoisotopic (exact) mass is 320 g/mol. The third-order valence-corrected chi connectivity index (χ3v) is 3.86. The fraction of sp³-hybridized carbons (Fsp3) is 0.706. The van der Waals surface area contributed by atoms with E-state index in [1.165, 1.54) is 0 Å². The Labute approximate surface area is 138 Å². The zero-order valence-electron chi connectivity index (χ0n) is 15.0. The van der Waals surface area contributed by atoms with Gasteiger partial charge in [0.15, 0.2) is 6.10 Å². The number of anilines is 1. The maximum atomic E-state index is 11.4. The van der Waals surface area contributed by atoms with Crippen LogP contribution in [0.4, 0.5) is 5.82 Å². The van der Waals surface area contributed by atoms with Crippen LogP contribution in [0.25, 0.3) is 0 Å². The Kier molecular flexibility index (Phi) is 4.66. The van der Waals surface area contributed by atoms with Crippen molar-refractivity contribution in [2.75, 3.05) is 24.6 Å². The third-order valence-electron chi connectivity index (χ3n) is 3.86. The second kappa shape index (κ2) is 6.07. The maximum absolute atomic E-state index is 11.4. The van der Waals surface area contributed by atoms with Gasteiger partial charge in [-0.2, -0.15) is 0 Å². The molecule has 0 spiro atoms. The summed E-state index contributed by atoms with van der Waals surface area (Å²) in [6.07, 6.45) is -0.588.